The van der Waals surface area contributed by atoms with Crippen LogP contribution in [-0.4, -0.2) is 15.6 Å². The van der Waals surface area contributed by atoms with Crippen molar-refractivity contribution in [1.29, 1.82) is 0 Å². The van der Waals surface area contributed by atoms with Gasteiger partial charge < -0.3 is 10.3 Å². The molecule has 0 spiro atoms. The topological polar surface area (TPSA) is 43.8 Å². The number of hydrogen-bond donors (Lipinski definition) is 1. The monoisotopic (exact) mass is 313 g/mol. The molecule has 0 aliphatic rings. The van der Waals surface area contributed by atoms with Crippen LogP contribution in [0.2, 0.25) is 0 Å². The Kier molecular flexibility index (Phi) is 4.36. The number of halogens is 1. The van der Waals surface area contributed by atoms with E-state index in [0.717, 1.165) is 25.1 Å². The normalized spacial score (nSPS) is 12.9. The highest BCUT2D eigenvalue weighted by molar-refractivity contribution is 9.10. The zero-order valence-electron chi connectivity index (χ0n) is 9.77. The molecule has 2 aromatic rings. The van der Waals surface area contributed by atoms with Crippen molar-refractivity contribution in [2.75, 3.05) is 0 Å². The first-order chi connectivity index (χ1) is 8.19. The molecule has 0 saturated carbocycles. The number of nitrogens with two attached hydrogens (primary N) is 1. The molecule has 0 fully saturated rings. The molecule has 17 heavy (non-hydrogen) atoms. The molecule has 2 rings (SSSR count). The SMILES string of the molecule is CCC(N)Cc1cn(Cc2sccc2Br)cn1. The second kappa shape index (κ2) is 5.80. The van der Waals surface area contributed by atoms with E-state index in [1.54, 1.807) is 11.3 Å². The predicted octanol–water partition coefficient (Wildman–Crippen LogP) is 3.04. The number of imidazole rings is 1. The summed E-state index contributed by atoms with van der Waals surface area (Å²) >= 11 is 5.29. The van der Waals surface area contributed by atoms with E-state index in [9.17, 15) is 0 Å². The van der Waals surface area contributed by atoms with Gasteiger partial charge in [0, 0.05) is 28.0 Å². The molecule has 5 heteroatoms. The lowest BCUT2D eigenvalue weighted by Crippen LogP contribution is -2.21. The van der Waals surface area contributed by atoms with Crippen LogP contribution >= 0.6 is 27.3 Å². The summed E-state index contributed by atoms with van der Waals surface area (Å²) in [5, 5.41) is 2.09. The standard InChI is InChI=1S/C12H16BrN3S/c1-2-9(14)5-10-6-16(8-15-10)7-12-11(13)3-4-17-12/h3-4,6,8-9H,2,5,7,14H2,1H3. The Morgan fingerprint density at radius 1 is 1.59 bits per heavy atom. The van der Waals surface area contributed by atoms with Crippen molar-refractivity contribution in [1.82, 2.24) is 9.55 Å². The highest BCUT2D eigenvalue weighted by atomic mass is 79.9. The van der Waals surface area contributed by atoms with Gasteiger partial charge >= 0.3 is 0 Å². The van der Waals surface area contributed by atoms with E-state index in [-0.39, 0.29) is 6.04 Å². The Morgan fingerprint density at radius 2 is 2.41 bits per heavy atom. The highest BCUT2D eigenvalue weighted by Crippen LogP contribution is 2.23. The smallest absolute Gasteiger partial charge is 0.0952 e. The van der Waals surface area contributed by atoms with Gasteiger partial charge in [0.05, 0.1) is 18.6 Å². The third-order valence-electron chi connectivity index (χ3n) is 2.70. The Balaban J connectivity index is 2.01. The van der Waals surface area contributed by atoms with Gasteiger partial charge in [-0.1, -0.05) is 6.92 Å². The van der Waals surface area contributed by atoms with Crippen LogP contribution in [0.3, 0.4) is 0 Å². The van der Waals surface area contributed by atoms with E-state index in [0.29, 0.717) is 0 Å². The van der Waals surface area contributed by atoms with Crippen LogP contribution in [0.1, 0.15) is 23.9 Å². The van der Waals surface area contributed by atoms with Gasteiger partial charge in [-0.25, -0.2) is 4.98 Å². The largest absolute Gasteiger partial charge is 0.332 e. The van der Waals surface area contributed by atoms with Gasteiger partial charge in [-0.2, -0.15) is 0 Å². The summed E-state index contributed by atoms with van der Waals surface area (Å²) < 4.78 is 3.27. The van der Waals surface area contributed by atoms with E-state index in [1.165, 1.54) is 9.35 Å². The molecular formula is C12H16BrN3S. The van der Waals surface area contributed by atoms with Crippen molar-refractivity contribution in [3.63, 3.8) is 0 Å². The first-order valence-corrected chi connectivity index (χ1v) is 7.34. The van der Waals surface area contributed by atoms with E-state index >= 15 is 0 Å². The minimum Gasteiger partial charge on any atom is -0.332 e. The maximum atomic E-state index is 5.92. The average molecular weight is 314 g/mol. The van der Waals surface area contributed by atoms with Crippen LogP contribution in [0.25, 0.3) is 0 Å². The van der Waals surface area contributed by atoms with Crippen LogP contribution < -0.4 is 5.73 Å². The lowest BCUT2D eigenvalue weighted by atomic mass is 10.1. The molecule has 0 radical (unpaired) electrons. The van der Waals surface area contributed by atoms with Crippen LogP contribution in [0.4, 0.5) is 0 Å². The van der Waals surface area contributed by atoms with Gasteiger partial charge in [0.2, 0.25) is 0 Å². The molecule has 92 valence electrons. The predicted molar refractivity (Wildman–Crippen MR) is 75.3 cm³/mol. The molecule has 1 atom stereocenters. The molecule has 0 aliphatic heterocycles. The minimum atomic E-state index is 0.215. The fourth-order valence-electron chi connectivity index (χ4n) is 1.61. The second-order valence-corrected chi connectivity index (χ2v) is 5.96. The molecule has 2 heterocycles. The first kappa shape index (κ1) is 12.8. The van der Waals surface area contributed by atoms with Gasteiger partial charge in [-0.05, 0) is 33.8 Å². The van der Waals surface area contributed by atoms with Gasteiger partial charge in [0.1, 0.15) is 0 Å². The molecule has 1 unspecified atom stereocenters. The van der Waals surface area contributed by atoms with E-state index < -0.39 is 0 Å². The van der Waals surface area contributed by atoms with Crippen LogP contribution in [0.15, 0.2) is 28.4 Å². The van der Waals surface area contributed by atoms with Crippen molar-refractivity contribution in [2.24, 2.45) is 5.73 Å². The average Bonchev–Trinajstić information content (AvgIpc) is 2.90. The van der Waals surface area contributed by atoms with Gasteiger partial charge in [0.15, 0.2) is 0 Å². The van der Waals surface area contributed by atoms with Crippen molar-refractivity contribution in [3.8, 4) is 0 Å². The quantitative estimate of drug-likeness (QED) is 0.922. The molecule has 0 amide bonds. The highest BCUT2D eigenvalue weighted by Gasteiger charge is 2.06. The summed E-state index contributed by atoms with van der Waals surface area (Å²) in [6, 6.07) is 2.29. The summed E-state index contributed by atoms with van der Waals surface area (Å²) in [4.78, 5) is 5.70. The maximum Gasteiger partial charge on any atom is 0.0952 e. The fourth-order valence-corrected chi connectivity index (χ4v) is 3.10. The third-order valence-corrected chi connectivity index (χ3v) is 4.61. The summed E-state index contributed by atoms with van der Waals surface area (Å²) in [6.07, 6.45) is 5.81. The molecule has 2 aromatic heterocycles. The van der Waals surface area contributed by atoms with Crippen molar-refractivity contribution in [3.05, 3.63) is 39.0 Å². The third kappa shape index (κ3) is 3.40. The molecule has 0 aromatic carbocycles. The summed E-state index contributed by atoms with van der Waals surface area (Å²) in [5.74, 6) is 0. The van der Waals surface area contributed by atoms with Crippen molar-refractivity contribution < 1.29 is 0 Å². The van der Waals surface area contributed by atoms with Crippen LogP contribution in [0, 0.1) is 0 Å². The summed E-state index contributed by atoms with van der Waals surface area (Å²) in [7, 11) is 0. The number of rotatable bonds is 5. The van der Waals surface area contributed by atoms with E-state index in [4.69, 9.17) is 5.73 Å². The molecule has 3 nitrogen and oxygen atoms in total. The lowest BCUT2D eigenvalue weighted by molar-refractivity contribution is 0.638. The molecule has 2 N–H and O–H groups in total. The fraction of sp³-hybridized carbons (Fsp3) is 0.417. The molecule has 0 aliphatic carbocycles. The van der Waals surface area contributed by atoms with E-state index in [2.05, 4.69) is 50.0 Å². The van der Waals surface area contributed by atoms with Crippen molar-refractivity contribution in [2.45, 2.75) is 32.4 Å². The van der Waals surface area contributed by atoms with Crippen LogP contribution in [-0.2, 0) is 13.0 Å². The number of hydrogen-bond acceptors (Lipinski definition) is 3. The van der Waals surface area contributed by atoms with Gasteiger partial charge in [0.25, 0.3) is 0 Å². The molecule has 0 bridgehead atoms. The number of thiophene rings is 1. The second-order valence-electron chi connectivity index (χ2n) is 4.10. The Hall–Kier alpha value is -0.650. The summed E-state index contributed by atoms with van der Waals surface area (Å²) in [5.41, 5.74) is 7.00. The van der Waals surface area contributed by atoms with E-state index in [1.807, 2.05) is 6.33 Å². The zero-order chi connectivity index (χ0) is 12.3. The molecular weight excluding hydrogens is 298 g/mol. The number of aromatic nitrogens is 2. The first-order valence-electron chi connectivity index (χ1n) is 5.67. The molecule has 0 saturated heterocycles. The Labute approximate surface area is 114 Å². The maximum absolute atomic E-state index is 5.92. The van der Waals surface area contributed by atoms with Gasteiger partial charge in [-0.15, -0.1) is 11.3 Å². The zero-order valence-corrected chi connectivity index (χ0v) is 12.2. The number of nitrogens with zero attached hydrogens (tertiary/aromatic N) is 2. The Bertz CT molecular complexity index is 478. The Morgan fingerprint density at radius 3 is 3.06 bits per heavy atom. The van der Waals surface area contributed by atoms with Crippen LogP contribution in [0.5, 0.6) is 0 Å². The van der Waals surface area contributed by atoms with Crippen molar-refractivity contribution >= 4 is 27.3 Å². The van der Waals surface area contributed by atoms with Gasteiger partial charge in [-0.3, -0.25) is 0 Å². The summed E-state index contributed by atoms with van der Waals surface area (Å²) in [6.45, 7) is 2.97. The lowest BCUT2D eigenvalue weighted by Gasteiger charge is -2.04. The minimum absolute atomic E-state index is 0.215.